The summed E-state index contributed by atoms with van der Waals surface area (Å²) < 4.78 is 0. The summed E-state index contributed by atoms with van der Waals surface area (Å²) in [6.45, 7) is 6.78. The average molecular weight is 372 g/mol. The average Bonchev–Trinajstić information content (AvgIpc) is 3.30. The molecular formula is C22H33N3O2. The van der Waals surface area contributed by atoms with Gasteiger partial charge in [0.2, 0.25) is 11.8 Å². The van der Waals surface area contributed by atoms with E-state index in [2.05, 4.69) is 48.3 Å². The van der Waals surface area contributed by atoms with Gasteiger partial charge in [-0.15, -0.1) is 0 Å². The molecule has 0 spiro atoms. The minimum atomic E-state index is -0.250. The Kier molecular flexibility index (Phi) is 6.75. The van der Waals surface area contributed by atoms with Gasteiger partial charge in [-0.05, 0) is 57.2 Å². The SMILES string of the molecule is CCN(CCCNC(=O)[C@@H]1CCC(=O)N1C1CCCC1)c1cccc(C)c1. The number of carbonyl (C=O) groups is 2. The smallest absolute Gasteiger partial charge is 0.242 e. The second kappa shape index (κ2) is 9.25. The Morgan fingerprint density at radius 2 is 2.04 bits per heavy atom. The summed E-state index contributed by atoms with van der Waals surface area (Å²) in [5.74, 6) is 0.199. The van der Waals surface area contributed by atoms with Crippen molar-refractivity contribution in [2.24, 2.45) is 0 Å². The number of amides is 2. The summed E-state index contributed by atoms with van der Waals surface area (Å²) in [7, 11) is 0. The second-order valence-electron chi connectivity index (χ2n) is 7.86. The number of hydrogen-bond acceptors (Lipinski definition) is 3. The van der Waals surface area contributed by atoms with Gasteiger partial charge < -0.3 is 15.1 Å². The molecule has 0 bridgehead atoms. The maximum Gasteiger partial charge on any atom is 0.242 e. The first-order valence-electron chi connectivity index (χ1n) is 10.5. The summed E-state index contributed by atoms with van der Waals surface area (Å²) in [6.07, 6.45) is 6.55. The van der Waals surface area contributed by atoms with Gasteiger partial charge in [-0.25, -0.2) is 0 Å². The van der Waals surface area contributed by atoms with Crippen molar-refractivity contribution in [3.8, 4) is 0 Å². The Labute approximate surface area is 163 Å². The number of aryl methyl sites for hydroxylation is 1. The minimum Gasteiger partial charge on any atom is -0.372 e. The standard InChI is InChI=1S/C22H33N3O2/c1-3-24(19-11-6-8-17(2)16-19)15-7-14-23-22(27)20-12-13-21(26)25(20)18-9-4-5-10-18/h6,8,11,16,18,20H,3-5,7,9-10,12-15H2,1-2H3,(H,23,27)/t20-/m0/s1. The van der Waals surface area contributed by atoms with E-state index in [1.165, 1.54) is 24.1 Å². The van der Waals surface area contributed by atoms with Gasteiger partial charge in [0.15, 0.2) is 0 Å². The van der Waals surface area contributed by atoms with E-state index in [1.54, 1.807) is 0 Å². The normalized spacial score (nSPS) is 20.3. The molecule has 1 heterocycles. The third kappa shape index (κ3) is 4.82. The van der Waals surface area contributed by atoms with Crippen LogP contribution >= 0.6 is 0 Å². The van der Waals surface area contributed by atoms with Crippen LogP contribution in [-0.2, 0) is 9.59 Å². The molecule has 2 amide bonds. The summed E-state index contributed by atoms with van der Waals surface area (Å²) in [6, 6.07) is 8.57. The van der Waals surface area contributed by atoms with E-state index >= 15 is 0 Å². The first-order chi connectivity index (χ1) is 13.1. The number of rotatable bonds is 8. The molecule has 0 aromatic heterocycles. The number of likely N-dealkylation sites (tertiary alicyclic amines) is 1. The van der Waals surface area contributed by atoms with E-state index in [-0.39, 0.29) is 23.9 Å². The molecule has 2 aliphatic rings. The molecule has 5 nitrogen and oxygen atoms in total. The highest BCUT2D eigenvalue weighted by Crippen LogP contribution is 2.30. The summed E-state index contributed by atoms with van der Waals surface area (Å²) >= 11 is 0. The second-order valence-corrected chi connectivity index (χ2v) is 7.86. The first-order valence-corrected chi connectivity index (χ1v) is 10.5. The monoisotopic (exact) mass is 371 g/mol. The quantitative estimate of drug-likeness (QED) is 0.714. The highest BCUT2D eigenvalue weighted by Gasteiger charge is 2.40. The van der Waals surface area contributed by atoms with E-state index in [0.717, 1.165) is 32.4 Å². The van der Waals surface area contributed by atoms with Gasteiger partial charge in [0, 0.05) is 37.8 Å². The third-order valence-corrected chi connectivity index (χ3v) is 5.93. The fourth-order valence-electron chi connectivity index (χ4n) is 4.49. The largest absolute Gasteiger partial charge is 0.372 e. The molecule has 1 aromatic carbocycles. The number of hydrogen-bond donors (Lipinski definition) is 1. The summed E-state index contributed by atoms with van der Waals surface area (Å²) in [5, 5.41) is 3.08. The molecule has 0 radical (unpaired) electrons. The van der Waals surface area contributed by atoms with Crippen molar-refractivity contribution >= 4 is 17.5 Å². The van der Waals surface area contributed by atoms with Crippen molar-refractivity contribution in [2.45, 2.75) is 70.9 Å². The zero-order chi connectivity index (χ0) is 19.2. The van der Waals surface area contributed by atoms with Crippen LogP contribution in [0.1, 0.15) is 57.4 Å². The Hall–Kier alpha value is -2.04. The molecule has 5 heteroatoms. The van der Waals surface area contributed by atoms with Crippen LogP contribution in [0.15, 0.2) is 24.3 Å². The number of benzene rings is 1. The maximum atomic E-state index is 12.7. The van der Waals surface area contributed by atoms with Crippen molar-refractivity contribution < 1.29 is 9.59 Å². The van der Waals surface area contributed by atoms with Crippen molar-refractivity contribution in [1.29, 1.82) is 0 Å². The van der Waals surface area contributed by atoms with Crippen molar-refractivity contribution in [2.75, 3.05) is 24.5 Å². The molecule has 2 fully saturated rings. The van der Waals surface area contributed by atoms with Crippen LogP contribution < -0.4 is 10.2 Å². The van der Waals surface area contributed by atoms with Crippen LogP contribution in [0, 0.1) is 6.92 Å². The number of nitrogens with zero attached hydrogens (tertiary/aromatic N) is 2. The van der Waals surface area contributed by atoms with Gasteiger partial charge >= 0.3 is 0 Å². The number of anilines is 1. The zero-order valence-electron chi connectivity index (χ0n) is 16.7. The first kappa shape index (κ1) is 19.7. The molecule has 1 saturated heterocycles. The number of nitrogens with one attached hydrogen (secondary N) is 1. The Balaban J connectivity index is 1.46. The predicted molar refractivity (Wildman–Crippen MR) is 109 cm³/mol. The van der Waals surface area contributed by atoms with Gasteiger partial charge in [0.1, 0.15) is 6.04 Å². The lowest BCUT2D eigenvalue weighted by atomic mass is 10.1. The van der Waals surface area contributed by atoms with Crippen LogP contribution in [0.5, 0.6) is 0 Å². The predicted octanol–water partition coefficient (Wildman–Crippen LogP) is 3.26. The zero-order valence-corrected chi connectivity index (χ0v) is 16.7. The lowest BCUT2D eigenvalue weighted by molar-refractivity contribution is -0.137. The fraction of sp³-hybridized carbons (Fsp3) is 0.636. The molecule has 148 valence electrons. The number of carbonyl (C=O) groups excluding carboxylic acids is 2. The lowest BCUT2D eigenvalue weighted by Gasteiger charge is -2.30. The van der Waals surface area contributed by atoms with E-state index in [4.69, 9.17) is 0 Å². The van der Waals surface area contributed by atoms with E-state index < -0.39 is 0 Å². The summed E-state index contributed by atoms with van der Waals surface area (Å²) in [4.78, 5) is 29.2. The topological polar surface area (TPSA) is 52.7 Å². The molecule has 27 heavy (non-hydrogen) atoms. The Morgan fingerprint density at radius 3 is 2.74 bits per heavy atom. The third-order valence-electron chi connectivity index (χ3n) is 5.93. The molecule has 0 unspecified atom stereocenters. The molecule has 3 rings (SSSR count). The molecule has 1 N–H and O–H groups in total. The van der Waals surface area contributed by atoms with Crippen LogP contribution in [-0.4, -0.2) is 48.4 Å². The van der Waals surface area contributed by atoms with Gasteiger partial charge in [0.05, 0.1) is 0 Å². The van der Waals surface area contributed by atoms with Gasteiger partial charge in [0.25, 0.3) is 0 Å². The van der Waals surface area contributed by atoms with Gasteiger partial charge in [-0.2, -0.15) is 0 Å². The van der Waals surface area contributed by atoms with Crippen molar-refractivity contribution in [1.82, 2.24) is 10.2 Å². The van der Waals surface area contributed by atoms with E-state index in [1.807, 2.05) is 4.90 Å². The molecule has 1 atom stereocenters. The van der Waals surface area contributed by atoms with Crippen LogP contribution in [0.25, 0.3) is 0 Å². The van der Waals surface area contributed by atoms with Crippen LogP contribution in [0.3, 0.4) is 0 Å². The molecule has 1 aliphatic heterocycles. The summed E-state index contributed by atoms with van der Waals surface area (Å²) in [5.41, 5.74) is 2.50. The Bertz CT molecular complexity index is 655. The van der Waals surface area contributed by atoms with E-state index in [9.17, 15) is 9.59 Å². The van der Waals surface area contributed by atoms with E-state index in [0.29, 0.717) is 19.4 Å². The Morgan fingerprint density at radius 1 is 1.26 bits per heavy atom. The molecule has 1 saturated carbocycles. The highest BCUT2D eigenvalue weighted by atomic mass is 16.2. The van der Waals surface area contributed by atoms with Gasteiger partial charge in [-0.1, -0.05) is 25.0 Å². The minimum absolute atomic E-state index is 0.0337. The van der Waals surface area contributed by atoms with Crippen molar-refractivity contribution in [3.05, 3.63) is 29.8 Å². The molecular weight excluding hydrogens is 338 g/mol. The lowest BCUT2D eigenvalue weighted by Crippen LogP contribution is -2.49. The highest BCUT2D eigenvalue weighted by molar-refractivity contribution is 5.91. The van der Waals surface area contributed by atoms with Crippen molar-refractivity contribution in [3.63, 3.8) is 0 Å². The van der Waals surface area contributed by atoms with Crippen LogP contribution in [0.4, 0.5) is 5.69 Å². The molecule has 1 aliphatic carbocycles. The van der Waals surface area contributed by atoms with Crippen LogP contribution in [0.2, 0.25) is 0 Å². The van der Waals surface area contributed by atoms with Gasteiger partial charge in [-0.3, -0.25) is 9.59 Å². The maximum absolute atomic E-state index is 12.7. The molecule has 1 aromatic rings. The fourth-order valence-corrected chi connectivity index (χ4v) is 4.49.